The minimum atomic E-state index is -0.444. The Balaban J connectivity index is 1.95. The Bertz CT molecular complexity index is 456. The summed E-state index contributed by atoms with van der Waals surface area (Å²) in [5.74, 6) is 4.96. The van der Waals surface area contributed by atoms with Crippen LogP contribution in [-0.4, -0.2) is 31.0 Å². The second-order valence-corrected chi connectivity index (χ2v) is 4.05. The van der Waals surface area contributed by atoms with Gasteiger partial charge in [-0.15, -0.1) is 0 Å². The molecule has 1 aliphatic rings. The first kappa shape index (κ1) is 12.9. The zero-order valence-corrected chi connectivity index (χ0v) is 9.99. The van der Waals surface area contributed by atoms with Crippen LogP contribution in [0.15, 0.2) is 18.2 Å². The van der Waals surface area contributed by atoms with Gasteiger partial charge < -0.3 is 14.6 Å². The molecule has 0 bridgehead atoms. The Hall–Kier alpha value is -1.57. The third-order valence-electron chi connectivity index (χ3n) is 2.70. The minimum absolute atomic E-state index is 0.113. The van der Waals surface area contributed by atoms with Crippen molar-refractivity contribution in [3.63, 3.8) is 0 Å². The van der Waals surface area contributed by atoms with E-state index in [1.54, 1.807) is 12.1 Å². The van der Waals surface area contributed by atoms with Gasteiger partial charge in [-0.1, -0.05) is 11.8 Å². The van der Waals surface area contributed by atoms with Gasteiger partial charge in [-0.25, -0.2) is 4.39 Å². The van der Waals surface area contributed by atoms with Crippen LogP contribution >= 0.6 is 0 Å². The number of benzene rings is 1. The first-order valence-electron chi connectivity index (χ1n) is 5.93. The predicted octanol–water partition coefficient (Wildman–Crippen LogP) is 1.73. The highest BCUT2D eigenvalue weighted by Crippen LogP contribution is 2.18. The monoisotopic (exact) mass is 250 g/mol. The summed E-state index contributed by atoms with van der Waals surface area (Å²) in [7, 11) is 0. The molecule has 96 valence electrons. The number of hydrogen-bond acceptors (Lipinski definition) is 3. The molecule has 2 rings (SSSR count). The van der Waals surface area contributed by atoms with Crippen LogP contribution in [0.3, 0.4) is 0 Å². The molecule has 0 radical (unpaired) electrons. The van der Waals surface area contributed by atoms with Crippen molar-refractivity contribution < 1.29 is 19.0 Å². The minimum Gasteiger partial charge on any atom is -0.491 e. The van der Waals surface area contributed by atoms with Crippen molar-refractivity contribution in [1.82, 2.24) is 0 Å². The van der Waals surface area contributed by atoms with Crippen molar-refractivity contribution in [2.24, 2.45) is 0 Å². The zero-order chi connectivity index (χ0) is 12.8. The van der Waals surface area contributed by atoms with E-state index in [2.05, 4.69) is 11.8 Å². The molecule has 0 spiro atoms. The maximum absolute atomic E-state index is 13.6. The number of rotatable bonds is 3. The zero-order valence-electron chi connectivity index (χ0n) is 9.99. The summed E-state index contributed by atoms with van der Waals surface area (Å²) < 4.78 is 24.5. The third-order valence-corrected chi connectivity index (χ3v) is 2.70. The summed E-state index contributed by atoms with van der Waals surface area (Å²) in [6.45, 7) is 0.940. The lowest BCUT2D eigenvalue weighted by molar-refractivity contribution is 0.0678. The fourth-order valence-electron chi connectivity index (χ4n) is 1.79. The Morgan fingerprint density at radius 2 is 2.39 bits per heavy atom. The third kappa shape index (κ3) is 3.46. The standard InChI is InChI=1S/C14H15FO3/c15-14-9-12(6-5-11(14)3-1-7-16)18-10-13-4-2-8-17-13/h5-6,9,13,16H,2,4,7-8,10H2. The second-order valence-electron chi connectivity index (χ2n) is 4.05. The van der Waals surface area contributed by atoms with Crippen molar-refractivity contribution in [2.75, 3.05) is 19.8 Å². The topological polar surface area (TPSA) is 38.7 Å². The van der Waals surface area contributed by atoms with Crippen LogP contribution in [0, 0.1) is 17.7 Å². The molecule has 1 heterocycles. The van der Waals surface area contributed by atoms with Crippen LogP contribution in [0.5, 0.6) is 5.75 Å². The summed E-state index contributed by atoms with van der Waals surface area (Å²) in [5.41, 5.74) is 0.258. The van der Waals surface area contributed by atoms with Gasteiger partial charge in [0.2, 0.25) is 0 Å². The van der Waals surface area contributed by atoms with E-state index >= 15 is 0 Å². The molecule has 1 fully saturated rings. The molecule has 1 unspecified atom stereocenters. The molecule has 0 amide bonds. The lowest BCUT2D eigenvalue weighted by Crippen LogP contribution is -2.16. The number of aliphatic hydroxyl groups is 1. The Labute approximate surface area is 106 Å². The van der Waals surface area contributed by atoms with Crippen molar-refractivity contribution in [1.29, 1.82) is 0 Å². The van der Waals surface area contributed by atoms with Crippen LogP contribution in [0.1, 0.15) is 18.4 Å². The summed E-state index contributed by atoms with van der Waals surface area (Å²) in [4.78, 5) is 0. The molecule has 1 saturated heterocycles. The Morgan fingerprint density at radius 1 is 1.50 bits per heavy atom. The molecule has 1 atom stereocenters. The van der Waals surface area contributed by atoms with Gasteiger partial charge in [-0.2, -0.15) is 0 Å². The molecular formula is C14H15FO3. The van der Waals surface area contributed by atoms with E-state index in [-0.39, 0.29) is 18.3 Å². The first-order valence-corrected chi connectivity index (χ1v) is 5.93. The SMILES string of the molecule is OCC#Cc1ccc(OCC2CCCO2)cc1F. The van der Waals surface area contributed by atoms with Gasteiger partial charge in [0.1, 0.15) is 24.8 Å². The lowest BCUT2D eigenvalue weighted by atomic mass is 10.2. The molecule has 4 heteroatoms. The summed E-state index contributed by atoms with van der Waals surface area (Å²) in [6.07, 6.45) is 2.16. The average molecular weight is 250 g/mol. The van der Waals surface area contributed by atoms with Gasteiger partial charge in [0, 0.05) is 12.7 Å². The molecule has 1 aliphatic heterocycles. The van der Waals surface area contributed by atoms with Crippen LogP contribution < -0.4 is 4.74 Å². The summed E-state index contributed by atoms with van der Waals surface area (Å²) in [5, 5.41) is 8.54. The number of hydrogen-bond donors (Lipinski definition) is 1. The van der Waals surface area contributed by atoms with Crippen molar-refractivity contribution >= 4 is 0 Å². The molecular weight excluding hydrogens is 235 g/mol. The highest BCUT2D eigenvalue weighted by atomic mass is 19.1. The number of halogens is 1. The van der Waals surface area contributed by atoms with Crippen molar-refractivity contribution in [2.45, 2.75) is 18.9 Å². The lowest BCUT2D eigenvalue weighted by Gasteiger charge is -2.11. The van der Waals surface area contributed by atoms with Gasteiger partial charge >= 0.3 is 0 Å². The largest absolute Gasteiger partial charge is 0.491 e. The fourth-order valence-corrected chi connectivity index (χ4v) is 1.79. The first-order chi connectivity index (χ1) is 8.79. The summed E-state index contributed by atoms with van der Waals surface area (Å²) >= 11 is 0. The van der Waals surface area contributed by atoms with Crippen molar-refractivity contribution in [3.8, 4) is 17.6 Å². The molecule has 18 heavy (non-hydrogen) atoms. The van der Waals surface area contributed by atoms with E-state index in [9.17, 15) is 4.39 Å². The molecule has 1 aromatic carbocycles. The van der Waals surface area contributed by atoms with E-state index in [4.69, 9.17) is 14.6 Å². The van der Waals surface area contributed by atoms with E-state index in [1.165, 1.54) is 6.07 Å². The molecule has 0 saturated carbocycles. The van der Waals surface area contributed by atoms with Crippen molar-refractivity contribution in [3.05, 3.63) is 29.6 Å². The van der Waals surface area contributed by atoms with Crippen LogP contribution in [0.4, 0.5) is 4.39 Å². The molecule has 1 aromatic rings. The number of ether oxygens (including phenoxy) is 2. The molecule has 3 nitrogen and oxygen atoms in total. The number of aliphatic hydroxyl groups excluding tert-OH is 1. The normalized spacial score (nSPS) is 18.2. The second kappa shape index (κ2) is 6.39. The summed E-state index contributed by atoms with van der Waals surface area (Å²) in [6, 6.07) is 4.51. The van der Waals surface area contributed by atoms with Gasteiger partial charge in [0.25, 0.3) is 0 Å². The Kier molecular flexibility index (Phi) is 4.57. The molecule has 0 aromatic heterocycles. The van der Waals surface area contributed by atoms with E-state index in [0.717, 1.165) is 19.4 Å². The van der Waals surface area contributed by atoms with Gasteiger partial charge in [-0.3, -0.25) is 0 Å². The fraction of sp³-hybridized carbons (Fsp3) is 0.429. The highest BCUT2D eigenvalue weighted by molar-refractivity contribution is 5.39. The quantitative estimate of drug-likeness (QED) is 0.830. The predicted molar refractivity (Wildman–Crippen MR) is 64.8 cm³/mol. The molecule has 0 aliphatic carbocycles. The van der Waals surface area contributed by atoms with E-state index < -0.39 is 5.82 Å². The maximum Gasteiger partial charge on any atom is 0.142 e. The highest BCUT2D eigenvalue weighted by Gasteiger charge is 2.16. The maximum atomic E-state index is 13.6. The average Bonchev–Trinajstić information content (AvgIpc) is 2.88. The van der Waals surface area contributed by atoms with Gasteiger partial charge in [-0.05, 0) is 25.0 Å². The van der Waals surface area contributed by atoms with Crippen LogP contribution in [-0.2, 0) is 4.74 Å². The van der Waals surface area contributed by atoms with Crippen LogP contribution in [0.2, 0.25) is 0 Å². The smallest absolute Gasteiger partial charge is 0.142 e. The van der Waals surface area contributed by atoms with E-state index in [1.807, 2.05) is 0 Å². The van der Waals surface area contributed by atoms with E-state index in [0.29, 0.717) is 12.4 Å². The van der Waals surface area contributed by atoms with Crippen LogP contribution in [0.25, 0.3) is 0 Å². The molecule has 1 N–H and O–H groups in total. The Morgan fingerprint density at radius 3 is 3.06 bits per heavy atom. The van der Waals surface area contributed by atoms with Gasteiger partial charge in [0.05, 0.1) is 11.7 Å². The van der Waals surface area contributed by atoms with Gasteiger partial charge in [0.15, 0.2) is 0 Å².